The van der Waals surface area contributed by atoms with Crippen molar-refractivity contribution in [2.75, 3.05) is 9.80 Å². The number of hydrogen-bond acceptors (Lipinski definition) is 7. The zero-order chi connectivity index (χ0) is 40.3. The average molecular weight is 839 g/mol. The maximum absolute atomic E-state index is 6.35. The highest BCUT2D eigenvalue weighted by Gasteiger charge is 2.25. The van der Waals surface area contributed by atoms with E-state index in [0.717, 1.165) is 45.4 Å². The summed E-state index contributed by atoms with van der Waals surface area (Å²) in [6.07, 6.45) is 0. The van der Waals surface area contributed by atoms with E-state index >= 15 is 0 Å². The molecule has 7 heteroatoms. The van der Waals surface area contributed by atoms with Crippen molar-refractivity contribution in [2.24, 2.45) is 0 Å². The molecule has 0 radical (unpaired) electrons. The smallest absolute Gasteiger partial charge is 0.172 e. The lowest BCUT2D eigenvalue weighted by atomic mass is 9.97. The SMILES string of the molecule is c1ccc(N(c2ccc(-c3ccc(N(c4ccccc4)c4ccc5c(c4)Sc4ccccc4S5)c4sc5ccccc5c34)cc2)c2ccc3c(c2)Oc2ccccc2O3)cc1. The van der Waals surface area contributed by atoms with E-state index in [1.807, 2.05) is 71.3 Å². The molecule has 0 saturated heterocycles. The molecule has 0 unspecified atom stereocenters. The van der Waals surface area contributed by atoms with Gasteiger partial charge in [-0.1, -0.05) is 121 Å². The minimum atomic E-state index is 0.684. The van der Waals surface area contributed by atoms with Gasteiger partial charge in [-0.05, 0) is 114 Å². The van der Waals surface area contributed by atoms with Gasteiger partial charge in [0.05, 0.1) is 16.1 Å². The Bertz CT molecular complexity index is 3280. The summed E-state index contributed by atoms with van der Waals surface area (Å²) in [7, 11) is 0. The van der Waals surface area contributed by atoms with E-state index in [2.05, 4.69) is 180 Å². The summed E-state index contributed by atoms with van der Waals surface area (Å²) < 4.78 is 15.1. The Labute approximate surface area is 366 Å². The maximum Gasteiger partial charge on any atom is 0.172 e. The van der Waals surface area contributed by atoms with E-state index in [0.29, 0.717) is 17.2 Å². The highest BCUT2D eigenvalue weighted by Crippen LogP contribution is 2.53. The van der Waals surface area contributed by atoms with Gasteiger partial charge in [0.15, 0.2) is 23.0 Å². The van der Waals surface area contributed by atoms with Gasteiger partial charge < -0.3 is 19.3 Å². The predicted molar refractivity (Wildman–Crippen MR) is 255 cm³/mol. The predicted octanol–water partition coefficient (Wildman–Crippen LogP) is 17.2. The third-order valence-corrected chi connectivity index (χ3v) is 14.9. The van der Waals surface area contributed by atoms with E-state index < -0.39 is 0 Å². The fraction of sp³-hybridized carbons (Fsp3) is 0. The van der Waals surface area contributed by atoms with Crippen LogP contribution in [0.2, 0.25) is 0 Å². The number of para-hydroxylation sites is 4. The van der Waals surface area contributed by atoms with E-state index in [1.165, 1.54) is 45.3 Å². The summed E-state index contributed by atoms with van der Waals surface area (Å²) >= 11 is 5.57. The Morgan fingerprint density at radius 2 is 0.902 bits per heavy atom. The minimum absolute atomic E-state index is 0.684. The Balaban J connectivity index is 0.963. The van der Waals surface area contributed by atoms with Crippen molar-refractivity contribution >= 4 is 89.2 Å². The maximum atomic E-state index is 6.35. The van der Waals surface area contributed by atoms with Crippen molar-refractivity contribution in [3.63, 3.8) is 0 Å². The Hall–Kier alpha value is -6.90. The summed E-state index contributed by atoms with van der Waals surface area (Å²) in [6.45, 7) is 0. The Kier molecular flexibility index (Phi) is 8.84. The lowest BCUT2D eigenvalue weighted by molar-refractivity contribution is 0.360. The third kappa shape index (κ3) is 6.41. The molecule has 0 fully saturated rings. The van der Waals surface area contributed by atoms with Crippen molar-refractivity contribution < 1.29 is 9.47 Å². The van der Waals surface area contributed by atoms with Gasteiger partial charge in [0.1, 0.15) is 0 Å². The second-order valence-electron chi connectivity index (χ2n) is 14.9. The first-order valence-corrected chi connectivity index (χ1v) is 22.6. The van der Waals surface area contributed by atoms with Gasteiger partial charge in [-0.25, -0.2) is 0 Å². The molecule has 0 spiro atoms. The van der Waals surface area contributed by atoms with Crippen LogP contribution in [0.4, 0.5) is 34.1 Å². The van der Waals surface area contributed by atoms with Gasteiger partial charge in [-0.15, -0.1) is 11.3 Å². The zero-order valence-electron chi connectivity index (χ0n) is 32.6. The highest BCUT2D eigenvalue weighted by atomic mass is 32.2. The van der Waals surface area contributed by atoms with Gasteiger partial charge >= 0.3 is 0 Å². The van der Waals surface area contributed by atoms with E-state index in [-0.39, 0.29) is 0 Å². The normalized spacial score (nSPS) is 12.4. The van der Waals surface area contributed by atoms with Crippen LogP contribution >= 0.6 is 34.9 Å². The van der Waals surface area contributed by atoms with E-state index in [1.54, 1.807) is 0 Å². The lowest BCUT2D eigenvalue weighted by Crippen LogP contribution is -2.11. The topological polar surface area (TPSA) is 24.9 Å². The number of benzene rings is 9. The van der Waals surface area contributed by atoms with Gasteiger partial charge in [0.25, 0.3) is 0 Å². The van der Waals surface area contributed by atoms with Crippen molar-refractivity contribution in [1.29, 1.82) is 0 Å². The van der Waals surface area contributed by atoms with Crippen LogP contribution in [0, 0.1) is 0 Å². The number of nitrogens with zero attached hydrogens (tertiary/aromatic N) is 2. The number of hydrogen-bond donors (Lipinski definition) is 0. The molecule has 0 amide bonds. The molecule has 9 aromatic carbocycles. The molecule has 290 valence electrons. The summed E-state index contributed by atoms with van der Waals surface area (Å²) in [5.74, 6) is 2.81. The quantitative estimate of drug-likeness (QED) is 0.159. The molecule has 10 aromatic rings. The summed E-state index contributed by atoms with van der Waals surface area (Å²) in [5, 5.41) is 2.52. The molecule has 0 atom stereocenters. The second-order valence-corrected chi connectivity index (χ2v) is 18.1. The van der Waals surface area contributed by atoms with Crippen LogP contribution in [-0.4, -0.2) is 0 Å². The summed E-state index contributed by atoms with van der Waals surface area (Å²) in [4.78, 5) is 9.87. The van der Waals surface area contributed by atoms with Gasteiger partial charge in [-0.3, -0.25) is 0 Å². The van der Waals surface area contributed by atoms with Crippen molar-refractivity contribution in [3.8, 4) is 34.1 Å². The molecule has 0 bridgehead atoms. The Morgan fingerprint density at radius 1 is 0.361 bits per heavy atom. The van der Waals surface area contributed by atoms with Crippen molar-refractivity contribution in [2.45, 2.75) is 19.6 Å². The van der Waals surface area contributed by atoms with E-state index in [9.17, 15) is 0 Å². The fourth-order valence-electron chi connectivity index (χ4n) is 8.36. The molecule has 0 saturated carbocycles. The molecular formula is C54H34N2O2S3. The highest BCUT2D eigenvalue weighted by molar-refractivity contribution is 8.05. The van der Waals surface area contributed by atoms with Crippen LogP contribution in [0.1, 0.15) is 0 Å². The van der Waals surface area contributed by atoms with Gasteiger partial charge in [-0.2, -0.15) is 0 Å². The first-order chi connectivity index (χ1) is 30.2. The molecule has 12 rings (SSSR count). The molecule has 61 heavy (non-hydrogen) atoms. The van der Waals surface area contributed by atoms with Crippen LogP contribution in [0.3, 0.4) is 0 Å². The average Bonchev–Trinajstić information content (AvgIpc) is 3.71. The molecule has 4 nitrogen and oxygen atoms in total. The van der Waals surface area contributed by atoms with E-state index in [4.69, 9.17) is 9.47 Å². The molecule has 2 aliphatic heterocycles. The van der Waals surface area contributed by atoms with Crippen LogP contribution in [0.25, 0.3) is 31.3 Å². The van der Waals surface area contributed by atoms with Crippen LogP contribution < -0.4 is 19.3 Å². The lowest BCUT2D eigenvalue weighted by Gasteiger charge is -2.28. The number of ether oxygens (including phenoxy) is 2. The minimum Gasteiger partial charge on any atom is -0.450 e. The summed E-state index contributed by atoms with van der Waals surface area (Å²) in [6, 6.07) is 73.2. The Morgan fingerprint density at radius 3 is 1.66 bits per heavy atom. The molecule has 2 aliphatic rings. The second kappa shape index (κ2) is 15.0. The molecule has 3 heterocycles. The number of thiophene rings is 1. The first-order valence-electron chi connectivity index (χ1n) is 20.1. The molecule has 0 N–H and O–H groups in total. The summed E-state index contributed by atoms with van der Waals surface area (Å²) in [5.41, 5.74) is 8.84. The van der Waals surface area contributed by atoms with Crippen molar-refractivity contribution in [3.05, 3.63) is 206 Å². The van der Waals surface area contributed by atoms with Crippen LogP contribution in [0.5, 0.6) is 23.0 Å². The third-order valence-electron chi connectivity index (χ3n) is 11.2. The van der Waals surface area contributed by atoms with Gasteiger partial charge in [0.2, 0.25) is 0 Å². The zero-order valence-corrected chi connectivity index (χ0v) is 35.0. The molecular weight excluding hydrogens is 805 g/mol. The van der Waals surface area contributed by atoms with Crippen LogP contribution in [-0.2, 0) is 0 Å². The van der Waals surface area contributed by atoms with Gasteiger partial charge in [0, 0.05) is 63.9 Å². The standard InChI is InChI=1S/C54H34N2O2S3/c1-3-13-36(14-4-1)55(39-27-31-46-47(33-39)58-45-19-9-8-18-44(45)57-46)38-25-23-35(24-26-38)41-29-30-43(54-53(41)42-17-7-10-20-48(42)61-54)56(37-15-5-2-6-16-37)40-28-32-51-52(34-40)60-50-22-12-11-21-49(50)59-51/h1-34H. The molecule has 1 aromatic heterocycles. The largest absolute Gasteiger partial charge is 0.450 e. The number of fused-ring (bicyclic) bond motifs is 7. The molecule has 0 aliphatic carbocycles. The first kappa shape index (κ1) is 36.0. The monoisotopic (exact) mass is 838 g/mol. The van der Waals surface area contributed by atoms with Crippen molar-refractivity contribution in [1.82, 2.24) is 0 Å². The van der Waals surface area contributed by atoms with Crippen LogP contribution in [0.15, 0.2) is 226 Å². The fourth-order valence-corrected chi connectivity index (χ4v) is 11.8. The number of anilines is 6. The number of rotatable bonds is 7.